The number of halogens is 1. The number of amides is 1. The van der Waals surface area contributed by atoms with Crippen molar-refractivity contribution in [3.8, 4) is 0 Å². The molecule has 0 atom stereocenters. The van der Waals surface area contributed by atoms with Gasteiger partial charge in [0.2, 0.25) is 0 Å². The molecule has 0 N–H and O–H groups in total. The van der Waals surface area contributed by atoms with Gasteiger partial charge in [-0.05, 0) is 38.1 Å². The normalized spacial score (nSPS) is 10.4. The van der Waals surface area contributed by atoms with Crippen LogP contribution < -0.4 is 4.90 Å². The molecule has 0 aliphatic heterocycles. The summed E-state index contributed by atoms with van der Waals surface area (Å²) in [6, 6.07) is 12.2. The van der Waals surface area contributed by atoms with Crippen molar-refractivity contribution in [2.45, 2.75) is 19.9 Å². The lowest BCUT2D eigenvalue weighted by molar-refractivity contribution is -0.122. The largest absolute Gasteiger partial charge is 0.452 e. The Kier molecular flexibility index (Phi) is 5.71. The number of pyridine rings is 1. The van der Waals surface area contributed by atoms with E-state index in [1.165, 1.54) is 12.3 Å². The molecule has 0 aliphatic rings. The third-order valence-electron chi connectivity index (χ3n) is 3.13. The van der Waals surface area contributed by atoms with E-state index >= 15 is 0 Å². The van der Waals surface area contributed by atoms with Gasteiger partial charge in [-0.3, -0.25) is 4.79 Å². The van der Waals surface area contributed by atoms with Crippen LogP contribution in [0.4, 0.5) is 5.69 Å². The van der Waals surface area contributed by atoms with E-state index in [4.69, 9.17) is 16.3 Å². The first kappa shape index (κ1) is 17.0. The highest BCUT2D eigenvalue weighted by molar-refractivity contribution is 6.32. The number of para-hydroxylation sites is 1. The Morgan fingerprint density at radius 1 is 1.17 bits per heavy atom. The molecule has 0 unspecified atom stereocenters. The summed E-state index contributed by atoms with van der Waals surface area (Å²) in [5, 5.41) is 0.0497. The maximum atomic E-state index is 12.4. The van der Waals surface area contributed by atoms with Crippen LogP contribution in [0.3, 0.4) is 0 Å². The maximum Gasteiger partial charge on any atom is 0.341 e. The fourth-order valence-electron chi connectivity index (χ4n) is 2.13. The van der Waals surface area contributed by atoms with Crippen molar-refractivity contribution >= 4 is 29.2 Å². The molecule has 1 aromatic carbocycles. The lowest BCUT2D eigenvalue weighted by Gasteiger charge is -2.26. The first-order valence-electron chi connectivity index (χ1n) is 7.15. The molecule has 0 bridgehead atoms. The molecule has 0 fully saturated rings. The van der Waals surface area contributed by atoms with Crippen LogP contribution in [0.2, 0.25) is 5.15 Å². The van der Waals surface area contributed by atoms with Crippen LogP contribution in [0.25, 0.3) is 0 Å². The van der Waals surface area contributed by atoms with E-state index < -0.39 is 5.97 Å². The highest BCUT2D eigenvalue weighted by Gasteiger charge is 2.21. The van der Waals surface area contributed by atoms with Crippen LogP contribution in [0, 0.1) is 0 Å². The van der Waals surface area contributed by atoms with Crippen LogP contribution in [0.5, 0.6) is 0 Å². The molecule has 23 heavy (non-hydrogen) atoms. The second-order valence-corrected chi connectivity index (χ2v) is 5.47. The van der Waals surface area contributed by atoms with Gasteiger partial charge in [-0.1, -0.05) is 29.8 Å². The summed E-state index contributed by atoms with van der Waals surface area (Å²) < 4.78 is 5.07. The van der Waals surface area contributed by atoms with E-state index in [1.54, 1.807) is 11.0 Å². The minimum absolute atomic E-state index is 0.0497. The predicted molar refractivity (Wildman–Crippen MR) is 88.6 cm³/mol. The highest BCUT2D eigenvalue weighted by Crippen LogP contribution is 2.17. The third kappa shape index (κ3) is 4.29. The van der Waals surface area contributed by atoms with E-state index in [-0.39, 0.29) is 29.3 Å². The Labute approximate surface area is 139 Å². The summed E-state index contributed by atoms with van der Waals surface area (Å²) in [6.07, 6.45) is 1.47. The van der Waals surface area contributed by atoms with E-state index in [0.29, 0.717) is 0 Å². The molecule has 0 spiro atoms. The van der Waals surface area contributed by atoms with Crippen molar-refractivity contribution in [1.29, 1.82) is 0 Å². The topological polar surface area (TPSA) is 59.5 Å². The molecule has 1 heterocycles. The van der Waals surface area contributed by atoms with Crippen LogP contribution >= 0.6 is 11.6 Å². The van der Waals surface area contributed by atoms with Gasteiger partial charge in [0.05, 0.1) is 5.56 Å². The molecule has 0 saturated heterocycles. The summed E-state index contributed by atoms with van der Waals surface area (Å²) in [5.74, 6) is -0.979. The van der Waals surface area contributed by atoms with Gasteiger partial charge < -0.3 is 9.64 Å². The first-order valence-corrected chi connectivity index (χ1v) is 7.53. The minimum Gasteiger partial charge on any atom is -0.452 e. The number of hydrogen-bond donors (Lipinski definition) is 0. The lowest BCUT2D eigenvalue weighted by Crippen LogP contribution is -2.39. The maximum absolute atomic E-state index is 12.4. The van der Waals surface area contributed by atoms with E-state index in [2.05, 4.69) is 4.98 Å². The SMILES string of the molecule is CC(C)N(C(=O)COC(=O)c1cccnc1Cl)c1ccccc1. The second kappa shape index (κ2) is 7.74. The summed E-state index contributed by atoms with van der Waals surface area (Å²) in [4.78, 5) is 29.8. The molecule has 5 nitrogen and oxygen atoms in total. The molecule has 120 valence electrons. The summed E-state index contributed by atoms with van der Waals surface area (Å²) in [6.45, 7) is 3.42. The Morgan fingerprint density at radius 3 is 2.48 bits per heavy atom. The molecule has 0 radical (unpaired) electrons. The quantitative estimate of drug-likeness (QED) is 0.622. The monoisotopic (exact) mass is 332 g/mol. The summed E-state index contributed by atoms with van der Waals surface area (Å²) in [5.41, 5.74) is 0.890. The lowest BCUT2D eigenvalue weighted by atomic mass is 10.2. The van der Waals surface area contributed by atoms with Crippen LogP contribution in [-0.2, 0) is 9.53 Å². The summed E-state index contributed by atoms with van der Waals surface area (Å²) >= 11 is 5.84. The molecular formula is C17H17ClN2O3. The molecule has 2 aromatic rings. The number of carbonyl (C=O) groups is 2. The first-order chi connectivity index (χ1) is 11.0. The third-order valence-corrected chi connectivity index (χ3v) is 3.43. The fraction of sp³-hybridized carbons (Fsp3) is 0.235. The van der Waals surface area contributed by atoms with Gasteiger partial charge >= 0.3 is 5.97 Å². The number of nitrogens with zero attached hydrogens (tertiary/aromatic N) is 2. The molecule has 6 heteroatoms. The smallest absolute Gasteiger partial charge is 0.341 e. The van der Waals surface area contributed by atoms with Gasteiger partial charge in [0, 0.05) is 17.9 Å². The number of hydrogen-bond acceptors (Lipinski definition) is 4. The Hall–Kier alpha value is -2.40. The molecule has 1 amide bonds. The van der Waals surface area contributed by atoms with Gasteiger partial charge in [0.25, 0.3) is 5.91 Å². The molecular weight excluding hydrogens is 316 g/mol. The summed E-state index contributed by atoms with van der Waals surface area (Å²) in [7, 11) is 0. The average Bonchev–Trinajstić information content (AvgIpc) is 2.54. The van der Waals surface area contributed by atoms with Crippen molar-refractivity contribution in [2.75, 3.05) is 11.5 Å². The zero-order chi connectivity index (χ0) is 16.8. The second-order valence-electron chi connectivity index (χ2n) is 5.11. The fourth-order valence-corrected chi connectivity index (χ4v) is 2.33. The van der Waals surface area contributed by atoms with Gasteiger partial charge in [-0.15, -0.1) is 0 Å². The number of carbonyl (C=O) groups excluding carboxylic acids is 2. The number of benzene rings is 1. The Bertz CT molecular complexity index is 689. The van der Waals surface area contributed by atoms with Crippen molar-refractivity contribution < 1.29 is 14.3 Å². The molecule has 0 aliphatic carbocycles. The van der Waals surface area contributed by atoms with Crippen molar-refractivity contribution in [3.05, 3.63) is 59.4 Å². The zero-order valence-electron chi connectivity index (χ0n) is 12.9. The number of rotatable bonds is 5. The minimum atomic E-state index is -0.673. The Morgan fingerprint density at radius 2 is 1.87 bits per heavy atom. The van der Waals surface area contributed by atoms with Crippen molar-refractivity contribution in [2.24, 2.45) is 0 Å². The zero-order valence-corrected chi connectivity index (χ0v) is 13.7. The highest BCUT2D eigenvalue weighted by atomic mass is 35.5. The van der Waals surface area contributed by atoms with Crippen LogP contribution in [0.15, 0.2) is 48.7 Å². The Balaban J connectivity index is 2.06. The molecule has 1 aromatic heterocycles. The van der Waals surface area contributed by atoms with Crippen LogP contribution in [0.1, 0.15) is 24.2 Å². The molecule has 0 saturated carbocycles. The average molecular weight is 333 g/mol. The number of aromatic nitrogens is 1. The van der Waals surface area contributed by atoms with E-state index in [1.807, 2.05) is 44.2 Å². The van der Waals surface area contributed by atoms with Crippen LogP contribution in [-0.4, -0.2) is 29.5 Å². The van der Waals surface area contributed by atoms with E-state index in [0.717, 1.165) is 5.69 Å². The van der Waals surface area contributed by atoms with Gasteiger partial charge in [0.15, 0.2) is 6.61 Å². The van der Waals surface area contributed by atoms with Gasteiger partial charge in [0.1, 0.15) is 5.15 Å². The van der Waals surface area contributed by atoms with Crippen molar-refractivity contribution in [3.63, 3.8) is 0 Å². The van der Waals surface area contributed by atoms with Gasteiger partial charge in [-0.25, -0.2) is 9.78 Å². The predicted octanol–water partition coefficient (Wildman–Crippen LogP) is 3.33. The van der Waals surface area contributed by atoms with E-state index in [9.17, 15) is 9.59 Å². The molecule has 2 rings (SSSR count). The van der Waals surface area contributed by atoms with Crippen molar-refractivity contribution in [1.82, 2.24) is 4.98 Å². The number of ether oxygens (including phenoxy) is 1. The number of anilines is 1. The standard InChI is InChI=1S/C17H17ClN2O3/c1-12(2)20(13-7-4-3-5-8-13)15(21)11-23-17(22)14-9-6-10-19-16(14)18/h3-10,12H,11H2,1-2H3. The van der Waals surface area contributed by atoms with Gasteiger partial charge in [-0.2, -0.15) is 0 Å². The number of esters is 1.